The number of halogens is 2. The molecule has 1 fully saturated rings. The molecule has 1 aliphatic rings. The molecule has 9 heteroatoms. The van der Waals surface area contributed by atoms with Gasteiger partial charge in [-0.25, -0.2) is 4.39 Å². The van der Waals surface area contributed by atoms with Crippen molar-refractivity contribution in [1.29, 1.82) is 0 Å². The van der Waals surface area contributed by atoms with E-state index in [9.17, 15) is 9.18 Å². The van der Waals surface area contributed by atoms with Crippen molar-refractivity contribution in [3.8, 4) is 11.5 Å². The van der Waals surface area contributed by atoms with Crippen LogP contribution in [0.1, 0.15) is 12.8 Å². The predicted molar refractivity (Wildman–Crippen MR) is 112 cm³/mol. The normalized spacial score (nSPS) is 13.7. The van der Waals surface area contributed by atoms with Crippen molar-refractivity contribution in [1.82, 2.24) is 10.2 Å². The lowest BCUT2D eigenvalue weighted by molar-refractivity contribution is -0.113. The maximum atomic E-state index is 14.3. The molecule has 0 atom stereocenters. The summed E-state index contributed by atoms with van der Waals surface area (Å²) in [6, 6.07) is 11.8. The second-order valence-electron chi connectivity index (χ2n) is 6.54. The molecule has 29 heavy (non-hydrogen) atoms. The van der Waals surface area contributed by atoms with Crippen molar-refractivity contribution in [2.45, 2.75) is 18.1 Å². The fourth-order valence-electron chi connectivity index (χ4n) is 3.14. The maximum Gasteiger partial charge on any atom is 0.277 e. The Bertz CT molecular complexity index is 1010. The van der Waals surface area contributed by atoms with E-state index in [1.807, 2.05) is 6.07 Å². The highest BCUT2D eigenvalue weighted by Crippen LogP contribution is 2.31. The van der Waals surface area contributed by atoms with Gasteiger partial charge in [-0.2, -0.15) is 0 Å². The molecule has 0 bridgehead atoms. The molecule has 0 unspecified atom stereocenters. The third-order valence-electron chi connectivity index (χ3n) is 4.53. The van der Waals surface area contributed by atoms with E-state index in [-0.39, 0.29) is 22.6 Å². The van der Waals surface area contributed by atoms with Crippen LogP contribution in [0.4, 0.5) is 15.8 Å². The van der Waals surface area contributed by atoms with Crippen LogP contribution in [0.2, 0.25) is 5.02 Å². The number of rotatable bonds is 6. The zero-order valence-corrected chi connectivity index (χ0v) is 17.0. The van der Waals surface area contributed by atoms with E-state index < -0.39 is 5.82 Å². The van der Waals surface area contributed by atoms with Crippen molar-refractivity contribution in [2.75, 3.05) is 29.1 Å². The molecule has 2 heterocycles. The Kier molecular flexibility index (Phi) is 6.01. The SMILES string of the molecule is O=C(CSc1nnc(-c2ccc(Cl)cc2)o1)Nc1c(F)cccc1N1CCCC1. The van der Waals surface area contributed by atoms with Gasteiger partial charge >= 0.3 is 0 Å². The minimum absolute atomic E-state index is 0.0238. The number of para-hydroxylation sites is 1. The summed E-state index contributed by atoms with van der Waals surface area (Å²) in [5.41, 5.74) is 1.66. The molecule has 1 aromatic heterocycles. The predicted octanol–water partition coefficient (Wildman–Crippen LogP) is 4.86. The van der Waals surface area contributed by atoms with E-state index in [2.05, 4.69) is 20.4 Å². The summed E-state index contributed by atoms with van der Waals surface area (Å²) in [4.78, 5) is 14.5. The first-order valence-electron chi connectivity index (χ1n) is 9.16. The lowest BCUT2D eigenvalue weighted by Crippen LogP contribution is -2.22. The average Bonchev–Trinajstić information content (AvgIpc) is 3.41. The van der Waals surface area contributed by atoms with E-state index in [0.717, 1.165) is 43.3 Å². The molecular weight excluding hydrogens is 415 g/mol. The van der Waals surface area contributed by atoms with Crippen molar-refractivity contribution in [3.63, 3.8) is 0 Å². The Hall–Kier alpha value is -2.58. The van der Waals surface area contributed by atoms with Gasteiger partial charge in [-0.3, -0.25) is 4.79 Å². The fourth-order valence-corrected chi connectivity index (χ4v) is 3.83. The van der Waals surface area contributed by atoms with Crippen LogP contribution in [0.5, 0.6) is 0 Å². The van der Waals surface area contributed by atoms with Crippen LogP contribution in [-0.2, 0) is 4.79 Å². The monoisotopic (exact) mass is 432 g/mol. The van der Waals surface area contributed by atoms with Crippen LogP contribution in [0.15, 0.2) is 52.1 Å². The van der Waals surface area contributed by atoms with Gasteiger partial charge in [0, 0.05) is 23.7 Å². The summed E-state index contributed by atoms with van der Waals surface area (Å²) < 4.78 is 19.9. The molecule has 1 N–H and O–H groups in total. The van der Waals surface area contributed by atoms with Crippen molar-refractivity contribution >= 4 is 40.6 Å². The lowest BCUT2D eigenvalue weighted by Gasteiger charge is -2.21. The quantitative estimate of drug-likeness (QED) is 0.561. The van der Waals surface area contributed by atoms with E-state index >= 15 is 0 Å². The zero-order valence-electron chi connectivity index (χ0n) is 15.4. The number of carbonyl (C=O) groups excluding carboxylic acids is 1. The Labute approximate surface area is 176 Å². The molecule has 6 nitrogen and oxygen atoms in total. The van der Waals surface area contributed by atoms with E-state index in [0.29, 0.717) is 16.6 Å². The van der Waals surface area contributed by atoms with E-state index in [1.165, 1.54) is 6.07 Å². The molecule has 4 rings (SSSR count). The van der Waals surface area contributed by atoms with Gasteiger partial charge in [0.2, 0.25) is 11.8 Å². The minimum atomic E-state index is -0.449. The van der Waals surface area contributed by atoms with Gasteiger partial charge in [0.15, 0.2) is 0 Å². The van der Waals surface area contributed by atoms with Gasteiger partial charge in [-0.1, -0.05) is 29.4 Å². The second kappa shape index (κ2) is 8.84. The molecule has 0 radical (unpaired) electrons. The highest BCUT2D eigenvalue weighted by molar-refractivity contribution is 7.99. The molecule has 2 aromatic carbocycles. The van der Waals surface area contributed by atoms with E-state index in [4.69, 9.17) is 16.0 Å². The van der Waals surface area contributed by atoms with Gasteiger partial charge in [-0.15, -0.1) is 10.2 Å². The van der Waals surface area contributed by atoms with Gasteiger partial charge in [0.05, 0.1) is 11.4 Å². The van der Waals surface area contributed by atoms with Gasteiger partial charge in [-0.05, 0) is 49.2 Å². The smallest absolute Gasteiger partial charge is 0.277 e. The maximum absolute atomic E-state index is 14.3. The second-order valence-corrected chi connectivity index (χ2v) is 7.91. The van der Waals surface area contributed by atoms with Crippen molar-refractivity contribution in [2.24, 2.45) is 0 Å². The Morgan fingerprint density at radius 1 is 1.17 bits per heavy atom. The van der Waals surface area contributed by atoms with Gasteiger partial charge in [0.1, 0.15) is 11.5 Å². The van der Waals surface area contributed by atoms with Gasteiger partial charge in [0.25, 0.3) is 5.22 Å². The first-order chi connectivity index (χ1) is 14.1. The Balaban J connectivity index is 1.39. The van der Waals surface area contributed by atoms with Gasteiger partial charge < -0.3 is 14.6 Å². The standard InChI is InChI=1S/C20H18ClFN4O2S/c21-14-8-6-13(7-9-14)19-24-25-20(28-19)29-12-17(27)23-18-15(22)4-3-5-16(18)26-10-1-2-11-26/h3-9H,1-2,10-12H2,(H,23,27). The number of aromatic nitrogens is 2. The molecule has 1 amide bonds. The van der Waals surface area contributed by atoms with Crippen LogP contribution >= 0.6 is 23.4 Å². The Morgan fingerprint density at radius 3 is 2.69 bits per heavy atom. The molecule has 1 saturated heterocycles. The number of hydrogen-bond acceptors (Lipinski definition) is 6. The minimum Gasteiger partial charge on any atom is -0.411 e. The number of thioether (sulfide) groups is 1. The molecule has 0 spiro atoms. The molecular formula is C20H18ClFN4O2S. The van der Waals surface area contributed by atoms with Crippen molar-refractivity contribution < 1.29 is 13.6 Å². The first-order valence-corrected chi connectivity index (χ1v) is 10.5. The third-order valence-corrected chi connectivity index (χ3v) is 5.60. The molecule has 150 valence electrons. The third kappa shape index (κ3) is 4.71. The summed E-state index contributed by atoms with van der Waals surface area (Å²) in [5.74, 6) is -0.423. The number of anilines is 2. The first kappa shape index (κ1) is 19.7. The lowest BCUT2D eigenvalue weighted by atomic mass is 10.2. The molecule has 3 aromatic rings. The fraction of sp³-hybridized carbons (Fsp3) is 0.250. The topological polar surface area (TPSA) is 71.3 Å². The molecule has 1 aliphatic heterocycles. The highest BCUT2D eigenvalue weighted by atomic mass is 35.5. The van der Waals surface area contributed by atoms with Crippen LogP contribution in [0, 0.1) is 5.82 Å². The molecule has 0 saturated carbocycles. The average molecular weight is 433 g/mol. The molecule has 0 aliphatic carbocycles. The number of amides is 1. The number of nitrogens with one attached hydrogen (secondary N) is 1. The summed E-state index contributed by atoms with van der Waals surface area (Å²) in [6.45, 7) is 1.72. The number of carbonyl (C=O) groups is 1. The number of nitrogens with zero attached hydrogens (tertiary/aromatic N) is 3. The Morgan fingerprint density at radius 2 is 1.93 bits per heavy atom. The van der Waals surface area contributed by atoms with E-state index in [1.54, 1.807) is 30.3 Å². The van der Waals surface area contributed by atoms with Crippen molar-refractivity contribution in [3.05, 3.63) is 53.3 Å². The summed E-state index contributed by atoms with van der Waals surface area (Å²) >= 11 is 6.97. The summed E-state index contributed by atoms with van der Waals surface area (Å²) in [6.07, 6.45) is 2.12. The zero-order chi connectivity index (χ0) is 20.2. The van der Waals surface area contributed by atoms with Crippen LogP contribution in [-0.4, -0.2) is 34.9 Å². The van der Waals surface area contributed by atoms with Crippen LogP contribution in [0.3, 0.4) is 0 Å². The largest absolute Gasteiger partial charge is 0.411 e. The number of hydrogen-bond donors (Lipinski definition) is 1. The summed E-state index contributed by atoms with van der Waals surface area (Å²) in [5, 5.41) is 11.5. The van der Waals surface area contributed by atoms with Crippen LogP contribution in [0.25, 0.3) is 11.5 Å². The van der Waals surface area contributed by atoms with Crippen LogP contribution < -0.4 is 10.2 Å². The highest BCUT2D eigenvalue weighted by Gasteiger charge is 2.20. The number of benzene rings is 2. The summed E-state index contributed by atoms with van der Waals surface area (Å²) in [7, 11) is 0.